The fraction of sp³-hybridized carbons (Fsp3) is 1.00. The highest BCUT2D eigenvalue weighted by atomic mass is 35.5. The molecule has 3 heteroatoms. The van der Waals surface area contributed by atoms with Gasteiger partial charge < -0.3 is 5.11 Å². The first-order valence-corrected chi connectivity index (χ1v) is 3.81. The smallest absolute Gasteiger partial charge is 0.0556 e. The van der Waals surface area contributed by atoms with E-state index in [9.17, 15) is 0 Å². The van der Waals surface area contributed by atoms with Gasteiger partial charge >= 0.3 is 0 Å². The molecule has 50 valence electrons. The molecule has 1 nitrogen and oxygen atoms in total. The highest BCUT2D eigenvalue weighted by molar-refractivity contribution is 7.99. The minimum atomic E-state index is 0. The zero-order chi connectivity index (χ0) is 5.11. The molecule has 8 heavy (non-hydrogen) atoms. The van der Waals surface area contributed by atoms with E-state index in [1.54, 1.807) is 0 Å². The Kier molecular flexibility index (Phi) is 4.81. The summed E-state index contributed by atoms with van der Waals surface area (Å²) in [6.07, 6.45) is 2.02. The normalized spacial score (nSPS) is 22.1. The maximum atomic E-state index is 8.90. The SMILES string of the molecule is Cl.OC1CCSCC1. The third-order valence-electron chi connectivity index (χ3n) is 1.19. The number of halogens is 1. The van der Waals surface area contributed by atoms with Crippen molar-refractivity contribution in [2.45, 2.75) is 18.9 Å². The summed E-state index contributed by atoms with van der Waals surface area (Å²) in [6.45, 7) is 0. The summed E-state index contributed by atoms with van der Waals surface area (Å²) in [7, 11) is 0. The number of hydrogen-bond donors (Lipinski definition) is 1. The van der Waals surface area contributed by atoms with Crippen molar-refractivity contribution in [3.05, 3.63) is 0 Å². The molecule has 0 unspecified atom stereocenters. The van der Waals surface area contributed by atoms with Gasteiger partial charge in [-0.25, -0.2) is 0 Å². The number of thioether (sulfide) groups is 1. The predicted octanol–water partition coefficient (Wildman–Crippen LogP) is 1.30. The lowest BCUT2D eigenvalue weighted by Gasteiger charge is -2.14. The molecule has 1 heterocycles. The zero-order valence-electron chi connectivity index (χ0n) is 4.67. The average molecular weight is 155 g/mol. The van der Waals surface area contributed by atoms with Crippen molar-refractivity contribution in [1.29, 1.82) is 0 Å². The van der Waals surface area contributed by atoms with Crippen molar-refractivity contribution in [3.8, 4) is 0 Å². The van der Waals surface area contributed by atoms with Crippen LogP contribution in [0.5, 0.6) is 0 Å². The predicted molar refractivity (Wildman–Crippen MR) is 39.8 cm³/mol. The third-order valence-corrected chi connectivity index (χ3v) is 2.24. The van der Waals surface area contributed by atoms with E-state index < -0.39 is 0 Å². The van der Waals surface area contributed by atoms with E-state index in [0.29, 0.717) is 0 Å². The molecule has 1 saturated heterocycles. The molecule has 1 aliphatic heterocycles. The maximum absolute atomic E-state index is 8.90. The van der Waals surface area contributed by atoms with Gasteiger partial charge in [-0.15, -0.1) is 12.4 Å². The van der Waals surface area contributed by atoms with E-state index in [-0.39, 0.29) is 18.5 Å². The Morgan fingerprint density at radius 2 is 1.75 bits per heavy atom. The van der Waals surface area contributed by atoms with Crippen LogP contribution in [0, 0.1) is 0 Å². The van der Waals surface area contributed by atoms with Crippen LogP contribution in [-0.2, 0) is 0 Å². The summed E-state index contributed by atoms with van der Waals surface area (Å²) >= 11 is 1.94. The minimum Gasteiger partial charge on any atom is -0.393 e. The molecule has 0 spiro atoms. The van der Waals surface area contributed by atoms with Crippen molar-refractivity contribution in [1.82, 2.24) is 0 Å². The number of aliphatic hydroxyl groups is 1. The van der Waals surface area contributed by atoms with E-state index in [1.807, 2.05) is 11.8 Å². The summed E-state index contributed by atoms with van der Waals surface area (Å²) in [6, 6.07) is 0. The second kappa shape index (κ2) is 4.48. The van der Waals surface area contributed by atoms with Crippen LogP contribution >= 0.6 is 24.2 Å². The lowest BCUT2D eigenvalue weighted by Crippen LogP contribution is -2.13. The molecule has 0 aliphatic carbocycles. The largest absolute Gasteiger partial charge is 0.393 e. The molecular formula is C5H11ClOS. The third kappa shape index (κ3) is 2.80. The van der Waals surface area contributed by atoms with E-state index in [1.165, 1.54) is 0 Å². The van der Waals surface area contributed by atoms with E-state index in [2.05, 4.69) is 0 Å². The Labute approximate surface area is 60.3 Å². The summed E-state index contributed by atoms with van der Waals surface area (Å²) in [4.78, 5) is 0. The van der Waals surface area contributed by atoms with Crippen LogP contribution < -0.4 is 0 Å². The number of rotatable bonds is 0. The average Bonchev–Trinajstić information content (AvgIpc) is 1.69. The topological polar surface area (TPSA) is 20.2 Å². The summed E-state index contributed by atoms with van der Waals surface area (Å²) in [5, 5.41) is 8.90. The fourth-order valence-electron chi connectivity index (χ4n) is 0.685. The van der Waals surface area contributed by atoms with Gasteiger partial charge in [0.2, 0.25) is 0 Å². The molecular weight excluding hydrogens is 144 g/mol. The van der Waals surface area contributed by atoms with E-state index in [4.69, 9.17) is 5.11 Å². The zero-order valence-corrected chi connectivity index (χ0v) is 6.30. The van der Waals surface area contributed by atoms with Crippen molar-refractivity contribution in [2.24, 2.45) is 0 Å². The second-order valence-corrected chi connectivity index (χ2v) is 3.07. The van der Waals surface area contributed by atoms with Gasteiger partial charge in [0.15, 0.2) is 0 Å². The molecule has 1 fully saturated rings. The molecule has 1 N–H and O–H groups in total. The van der Waals surface area contributed by atoms with Gasteiger partial charge in [-0.05, 0) is 24.3 Å². The minimum absolute atomic E-state index is 0. The molecule has 1 rings (SSSR count). The van der Waals surface area contributed by atoms with Gasteiger partial charge in [-0.3, -0.25) is 0 Å². The number of aliphatic hydroxyl groups excluding tert-OH is 1. The molecule has 0 aromatic rings. The lowest BCUT2D eigenvalue weighted by atomic mass is 10.2. The fourth-order valence-corrected chi connectivity index (χ4v) is 1.77. The van der Waals surface area contributed by atoms with Gasteiger partial charge in [0.05, 0.1) is 6.10 Å². The molecule has 0 aromatic carbocycles. The number of hydrogen-bond acceptors (Lipinski definition) is 2. The molecule has 0 bridgehead atoms. The standard InChI is InChI=1S/C5H10OS.ClH/c6-5-1-3-7-4-2-5;/h5-6H,1-4H2;1H. The van der Waals surface area contributed by atoms with Gasteiger partial charge in [-0.1, -0.05) is 0 Å². The van der Waals surface area contributed by atoms with Gasteiger partial charge in [0.25, 0.3) is 0 Å². The van der Waals surface area contributed by atoms with Crippen LogP contribution in [0.1, 0.15) is 12.8 Å². The Morgan fingerprint density at radius 1 is 1.25 bits per heavy atom. The molecule has 1 aliphatic rings. The van der Waals surface area contributed by atoms with Crippen LogP contribution in [0.4, 0.5) is 0 Å². The van der Waals surface area contributed by atoms with Crippen molar-refractivity contribution >= 4 is 24.2 Å². The first kappa shape index (κ1) is 8.60. The molecule has 0 amide bonds. The molecule has 0 atom stereocenters. The first-order valence-electron chi connectivity index (χ1n) is 2.65. The van der Waals surface area contributed by atoms with E-state index >= 15 is 0 Å². The lowest BCUT2D eigenvalue weighted by molar-refractivity contribution is 0.166. The summed E-state index contributed by atoms with van der Waals surface area (Å²) in [5.74, 6) is 2.31. The van der Waals surface area contributed by atoms with Crippen LogP contribution in [0.25, 0.3) is 0 Å². The van der Waals surface area contributed by atoms with Crippen LogP contribution in [0.15, 0.2) is 0 Å². The van der Waals surface area contributed by atoms with Crippen LogP contribution in [0.3, 0.4) is 0 Å². The van der Waals surface area contributed by atoms with Gasteiger partial charge in [0, 0.05) is 0 Å². The van der Waals surface area contributed by atoms with Crippen LogP contribution in [-0.4, -0.2) is 22.7 Å². The Balaban J connectivity index is 0.000000490. The second-order valence-electron chi connectivity index (χ2n) is 1.84. The quantitative estimate of drug-likeness (QED) is 0.568. The maximum Gasteiger partial charge on any atom is 0.0556 e. The Hall–Kier alpha value is 0.600. The van der Waals surface area contributed by atoms with Crippen molar-refractivity contribution < 1.29 is 5.11 Å². The van der Waals surface area contributed by atoms with Crippen molar-refractivity contribution in [2.75, 3.05) is 11.5 Å². The summed E-state index contributed by atoms with van der Waals surface area (Å²) < 4.78 is 0. The molecule has 0 aromatic heterocycles. The van der Waals surface area contributed by atoms with E-state index in [0.717, 1.165) is 24.3 Å². The van der Waals surface area contributed by atoms with Gasteiger partial charge in [0.1, 0.15) is 0 Å². The van der Waals surface area contributed by atoms with Crippen LogP contribution in [0.2, 0.25) is 0 Å². The molecule has 0 radical (unpaired) electrons. The highest BCUT2D eigenvalue weighted by Crippen LogP contribution is 2.15. The monoisotopic (exact) mass is 154 g/mol. The Morgan fingerprint density at radius 3 is 2.00 bits per heavy atom. The summed E-state index contributed by atoms with van der Waals surface area (Å²) in [5.41, 5.74) is 0. The highest BCUT2D eigenvalue weighted by Gasteiger charge is 2.08. The molecule has 0 saturated carbocycles. The van der Waals surface area contributed by atoms with Crippen molar-refractivity contribution in [3.63, 3.8) is 0 Å². The Bertz CT molecular complexity index is 54.4. The van der Waals surface area contributed by atoms with Gasteiger partial charge in [-0.2, -0.15) is 11.8 Å². The first-order chi connectivity index (χ1) is 3.39.